The van der Waals surface area contributed by atoms with Crippen LogP contribution in [0.4, 0.5) is 4.79 Å². The minimum Gasteiger partial charge on any atom is -0.336 e. The van der Waals surface area contributed by atoms with Crippen molar-refractivity contribution in [3.05, 3.63) is 30.3 Å². The summed E-state index contributed by atoms with van der Waals surface area (Å²) < 4.78 is 0. The summed E-state index contributed by atoms with van der Waals surface area (Å²) in [6.07, 6.45) is 0.996. The van der Waals surface area contributed by atoms with Gasteiger partial charge >= 0.3 is 6.03 Å². The highest BCUT2D eigenvalue weighted by atomic mass is 32.2. The molecule has 0 unspecified atom stereocenters. The van der Waals surface area contributed by atoms with Gasteiger partial charge in [0.15, 0.2) is 0 Å². The molecule has 1 aromatic rings. The molecule has 6 heteroatoms. The van der Waals surface area contributed by atoms with Gasteiger partial charge in [0.25, 0.3) is 0 Å². The van der Waals surface area contributed by atoms with Crippen LogP contribution in [0, 0.1) is 0 Å². The van der Waals surface area contributed by atoms with Crippen LogP contribution in [0.5, 0.6) is 0 Å². The van der Waals surface area contributed by atoms with Crippen molar-refractivity contribution in [2.75, 3.05) is 59.6 Å². The summed E-state index contributed by atoms with van der Waals surface area (Å²) in [5.74, 6) is 1.03. The zero-order valence-electron chi connectivity index (χ0n) is 15.1. The summed E-state index contributed by atoms with van der Waals surface area (Å²) in [6, 6.07) is 10.8. The highest BCUT2D eigenvalue weighted by Crippen LogP contribution is 2.17. The molecule has 0 bridgehead atoms. The molecule has 0 spiro atoms. The Morgan fingerprint density at radius 1 is 1.29 bits per heavy atom. The highest BCUT2D eigenvalue weighted by molar-refractivity contribution is 7.99. The van der Waals surface area contributed by atoms with Crippen LogP contribution < -0.4 is 5.32 Å². The van der Waals surface area contributed by atoms with E-state index in [1.165, 1.54) is 4.90 Å². The van der Waals surface area contributed by atoms with E-state index in [1.54, 1.807) is 4.90 Å². The molecule has 1 aromatic carbocycles. The molecule has 1 saturated heterocycles. The van der Waals surface area contributed by atoms with Gasteiger partial charge in [0, 0.05) is 50.7 Å². The molecule has 0 radical (unpaired) electrons. The topological polar surface area (TPSA) is 38.8 Å². The monoisotopic (exact) mass is 350 g/mol. The molecule has 134 valence electrons. The predicted octanol–water partition coefficient (Wildman–Crippen LogP) is 2.06. The van der Waals surface area contributed by atoms with Gasteiger partial charge < -0.3 is 15.1 Å². The number of carbonyl (C=O) groups excluding carboxylic acids is 1. The molecular weight excluding hydrogens is 320 g/mol. The first-order valence-electron chi connectivity index (χ1n) is 8.62. The number of nitrogens with one attached hydrogen (secondary N) is 1. The van der Waals surface area contributed by atoms with Gasteiger partial charge in [0.05, 0.1) is 0 Å². The van der Waals surface area contributed by atoms with Gasteiger partial charge in [-0.1, -0.05) is 18.2 Å². The fourth-order valence-corrected chi connectivity index (χ4v) is 3.63. The third kappa shape index (κ3) is 6.34. The first kappa shape index (κ1) is 19.1. The Morgan fingerprint density at radius 2 is 2.04 bits per heavy atom. The number of nitrogens with zero attached hydrogens (tertiary/aromatic N) is 3. The van der Waals surface area contributed by atoms with E-state index in [1.807, 2.05) is 24.9 Å². The average molecular weight is 351 g/mol. The molecule has 1 heterocycles. The summed E-state index contributed by atoms with van der Waals surface area (Å²) in [7, 11) is 6.14. The maximum Gasteiger partial charge on any atom is 0.317 e. The van der Waals surface area contributed by atoms with Crippen molar-refractivity contribution in [3.8, 4) is 0 Å². The van der Waals surface area contributed by atoms with Gasteiger partial charge in [-0.15, -0.1) is 11.8 Å². The van der Waals surface area contributed by atoms with Crippen LogP contribution in [-0.2, 0) is 0 Å². The number of urea groups is 1. The maximum absolute atomic E-state index is 12.2. The third-order valence-electron chi connectivity index (χ3n) is 4.47. The number of likely N-dealkylation sites (N-methyl/N-ethyl adjacent to an activating group) is 2. The standard InChI is InChI=1S/C18H30N4OS/c1-20-11-12-21(2)16(15-20)14-19-18(23)22(3)10-7-13-24-17-8-5-4-6-9-17/h4-6,8-9,16H,7,10-15H2,1-3H3,(H,19,23)/t16-/m0/s1. The summed E-state index contributed by atoms with van der Waals surface area (Å²) in [5.41, 5.74) is 0. The Kier molecular flexibility index (Phi) is 7.88. The molecule has 2 amide bonds. The zero-order chi connectivity index (χ0) is 17.4. The molecular formula is C18H30N4OS. The van der Waals surface area contributed by atoms with E-state index in [0.29, 0.717) is 12.6 Å². The Bertz CT molecular complexity index is 499. The van der Waals surface area contributed by atoms with Gasteiger partial charge in [-0.3, -0.25) is 4.90 Å². The Balaban J connectivity index is 1.61. The second-order valence-electron chi connectivity index (χ2n) is 6.52. The number of rotatable bonds is 7. The Labute approximate surface area is 150 Å². The largest absolute Gasteiger partial charge is 0.336 e. The second kappa shape index (κ2) is 9.91. The highest BCUT2D eigenvalue weighted by Gasteiger charge is 2.22. The molecule has 1 aliphatic rings. The lowest BCUT2D eigenvalue weighted by Gasteiger charge is -2.37. The van der Waals surface area contributed by atoms with Crippen molar-refractivity contribution in [3.63, 3.8) is 0 Å². The van der Waals surface area contributed by atoms with E-state index >= 15 is 0 Å². The number of hydrogen-bond acceptors (Lipinski definition) is 4. The second-order valence-corrected chi connectivity index (χ2v) is 7.69. The summed E-state index contributed by atoms with van der Waals surface area (Å²) >= 11 is 1.84. The van der Waals surface area contributed by atoms with E-state index in [-0.39, 0.29) is 6.03 Å². The number of piperazine rings is 1. The minimum absolute atomic E-state index is 0.0290. The van der Waals surface area contributed by atoms with E-state index in [4.69, 9.17) is 0 Å². The van der Waals surface area contributed by atoms with Crippen molar-refractivity contribution in [2.24, 2.45) is 0 Å². The van der Waals surface area contributed by atoms with Crippen LogP contribution in [0.3, 0.4) is 0 Å². The van der Waals surface area contributed by atoms with Crippen molar-refractivity contribution in [1.82, 2.24) is 20.0 Å². The molecule has 0 aliphatic carbocycles. The molecule has 0 aromatic heterocycles. The first-order valence-corrected chi connectivity index (χ1v) is 9.60. The number of carbonyl (C=O) groups is 1. The van der Waals surface area contributed by atoms with Crippen LogP contribution in [-0.4, -0.2) is 86.4 Å². The summed E-state index contributed by atoms with van der Waals surface area (Å²) in [5, 5.41) is 3.07. The lowest BCUT2D eigenvalue weighted by atomic mass is 10.2. The van der Waals surface area contributed by atoms with Crippen LogP contribution in [0.25, 0.3) is 0 Å². The van der Waals surface area contributed by atoms with Crippen LogP contribution in [0.1, 0.15) is 6.42 Å². The van der Waals surface area contributed by atoms with Crippen molar-refractivity contribution < 1.29 is 4.79 Å². The Hall–Kier alpha value is -1.24. The van der Waals surface area contributed by atoms with Crippen molar-refractivity contribution in [2.45, 2.75) is 17.4 Å². The molecule has 2 rings (SSSR count). The van der Waals surface area contributed by atoms with E-state index in [9.17, 15) is 4.79 Å². The molecule has 1 aliphatic heterocycles. The molecule has 1 fully saturated rings. The molecule has 1 atom stereocenters. The number of amides is 2. The molecule has 5 nitrogen and oxygen atoms in total. The van der Waals surface area contributed by atoms with Crippen LogP contribution >= 0.6 is 11.8 Å². The number of benzene rings is 1. The maximum atomic E-state index is 12.2. The number of thioether (sulfide) groups is 1. The normalized spacial score (nSPS) is 19.2. The minimum atomic E-state index is 0.0290. The Morgan fingerprint density at radius 3 is 2.79 bits per heavy atom. The third-order valence-corrected chi connectivity index (χ3v) is 5.56. The van der Waals surface area contributed by atoms with Gasteiger partial charge in [-0.25, -0.2) is 4.79 Å². The van der Waals surface area contributed by atoms with Crippen molar-refractivity contribution in [1.29, 1.82) is 0 Å². The van der Waals surface area contributed by atoms with Crippen molar-refractivity contribution >= 4 is 17.8 Å². The van der Waals surface area contributed by atoms with Crippen LogP contribution in [0.2, 0.25) is 0 Å². The predicted molar refractivity (Wildman–Crippen MR) is 102 cm³/mol. The van der Waals surface area contributed by atoms with E-state index in [0.717, 1.165) is 38.4 Å². The first-order chi connectivity index (χ1) is 11.6. The van der Waals surface area contributed by atoms with Gasteiger partial charge in [-0.05, 0) is 38.4 Å². The smallest absolute Gasteiger partial charge is 0.317 e. The molecule has 1 N–H and O–H groups in total. The fraction of sp³-hybridized carbons (Fsp3) is 0.611. The average Bonchev–Trinajstić information content (AvgIpc) is 2.60. The molecule has 0 saturated carbocycles. The quantitative estimate of drug-likeness (QED) is 0.603. The van der Waals surface area contributed by atoms with E-state index in [2.05, 4.69) is 53.5 Å². The van der Waals surface area contributed by atoms with Crippen LogP contribution in [0.15, 0.2) is 35.2 Å². The lowest BCUT2D eigenvalue weighted by Crippen LogP contribution is -2.55. The fourth-order valence-electron chi connectivity index (χ4n) is 2.77. The molecule has 24 heavy (non-hydrogen) atoms. The SMILES string of the molecule is CN1CCN(C)[C@@H](CNC(=O)N(C)CCCSc2ccccc2)C1. The van der Waals surface area contributed by atoms with E-state index < -0.39 is 0 Å². The van der Waals surface area contributed by atoms with Gasteiger partial charge in [0.2, 0.25) is 0 Å². The zero-order valence-corrected chi connectivity index (χ0v) is 15.9. The van der Waals surface area contributed by atoms with Gasteiger partial charge in [0.1, 0.15) is 0 Å². The summed E-state index contributed by atoms with van der Waals surface area (Å²) in [6.45, 7) is 4.66. The number of hydrogen-bond donors (Lipinski definition) is 1. The lowest BCUT2D eigenvalue weighted by molar-refractivity contribution is 0.113. The van der Waals surface area contributed by atoms with Gasteiger partial charge in [-0.2, -0.15) is 0 Å². The summed E-state index contributed by atoms with van der Waals surface area (Å²) in [4.78, 5) is 19.9.